The minimum atomic E-state index is 0.187. The smallest absolute Gasteiger partial charge is 0.219 e. The monoisotopic (exact) mass is 274 g/mol. The highest BCUT2D eigenvalue weighted by Gasteiger charge is 2.22. The second-order valence-corrected chi connectivity index (χ2v) is 5.88. The molecule has 1 aromatic carbocycles. The van der Waals surface area contributed by atoms with Gasteiger partial charge in [-0.2, -0.15) is 0 Å². The van der Waals surface area contributed by atoms with E-state index in [1.54, 1.807) is 6.92 Å². The molecule has 1 amide bonds. The quantitative estimate of drug-likeness (QED) is 0.900. The topological polar surface area (TPSA) is 41.6 Å². The fourth-order valence-electron chi connectivity index (χ4n) is 3.09. The summed E-state index contributed by atoms with van der Waals surface area (Å²) >= 11 is 0. The minimum Gasteiger partial charge on any atom is -0.490 e. The van der Waals surface area contributed by atoms with Crippen LogP contribution >= 0.6 is 0 Å². The number of fused-ring (bicyclic) bond motifs is 1. The highest BCUT2D eigenvalue weighted by atomic mass is 16.5. The Kier molecular flexibility index (Phi) is 3.55. The molecule has 0 aliphatic carbocycles. The van der Waals surface area contributed by atoms with Crippen molar-refractivity contribution in [3.8, 4) is 5.75 Å². The number of carbonyl (C=O) groups excluding carboxylic acids is 1. The van der Waals surface area contributed by atoms with Gasteiger partial charge in [-0.25, -0.2) is 0 Å². The third-order valence-corrected chi connectivity index (χ3v) is 4.21. The molecule has 1 N–H and O–H groups in total. The molecule has 1 atom stereocenters. The zero-order valence-corrected chi connectivity index (χ0v) is 12.2. The van der Waals surface area contributed by atoms with Crippen LogP contribution < -0.4 is 10.1 Å². The first-order valence-electron chi connectivity index (χ1n) is 7.43. The number of ether oxygens (including phenoxy) is 1. The Bertz CT molecular complexity index is 507. The summed E-state index contributed by atoms with van der Waals surface area (Å²) in [6.45, 7) is 5.47. The average molecular weight is 274 g/mol. The first-order valence-corrected chi connectivity index (χ1v) is 7.43. The Morgan fingerprint density at radius 3 is 2.80 bits per heavy atom. The molecule has 108 valence electrons. The van der Waals surface area contributed by atoms with Crippen molar-refractivity contribution in [1.29, 1.82) is 0 Å². The molecule has 4 heteroatoms. The van der Waals surface area contributed by atoms with Crippen molar-refractivity contribution in [1.82, 2.24) is 4.90 Å². The summed E-state index contributed by atoms with van der Waals surface area (Å²) in [5.41, 5.74) is 2.46. The maximum atomic E-state index is 11.3. The molecule has 0 saturated carbocycles. The van der Waals surface area contributed by atoms with Crippen molar-refractivity contribution in [2.75, 3.05) is 18.4 Å². The normalized spacial score (nSPS) is 22.3. The summed E-state index contributed by atoms with van der Waals surface area (Å²) in [5, 5.41) is 3.59. The first kappa shape index (κ1) is 13.3. The molecule has 1 saturated heterocycles. The van der Waals surface area contributed by atoms with Gasteiger partial charge < -0.3 is 15.0 Å². The molecule has 4 nitrogen and oxygen atoms in total. The van der Waals surface area contributed by atoms with Crippen LogP contribution in [0.3, 0.4) is 0 Å². The number of likely N-dealkylation sites (tertiary alicyclic amines) is 1. The summed E-state index contributed by atoms with van der Waals surface area (Å²) in [4.78, 5) is 13.2. The number of nitrogens with zero attached hydrogens (tertiary/aromatic N) is 1. The van der Waals surface area contributed by atoms with Crippen LogP contribution in [0, 0.1) is 0 Å². The van der Waals surface area contributed by atoms with Crippen molar-refractivity contribution in [2.45, 2.75) is 45.3 Å². The van der Waals surface area contributed by atoms with Crippen LogP contribution in [0.15, 0.2) is 18.2 Å². The van der Waals surface area contributed by atoms with Crippen LogP contribution in [0.25, 0.3) is 0 Å². The minimum absolute atomic E-state index is 0.187. The molecule has 20 heavy (non-hydrogen) atoms. The van der Waals surface area contributed by atoms with Gasteiger partial charge in [0.15, 0.2) is 0 Å². The Hall–Kier alpha value is -1.71. The third kappa shape index (κ3) is 2.74. The van der Waals surface area contributed by atoms with E-state index in [0.29, 0.717) is 12.1 Å². The van der Waals surface area contributed by atoms with Crippen molar-refractivity contribution < 1.29 is 9.53 Å². The Morgan fingerprint density at radius 2 is 2.10 bits per heavy atom. The summed E-state index contributed by atoms with van der Waals surface area (Å²) < 4.78 is 5.72. The summed E-state index contributed by atoms with van der Waals surface area (Å²) in [6, 6.07) is 6.82. The van der Waals surface area contributed by atoms with Gasteiger partial charge in [0.25, 0.3) is 0 Å². The van der Waals surface area contributed by atoms with Gasteiger partial charge in [0.1, 0.15) is 11.9 Å². The van der Waals surface area contributed by atoms with Crippen LogP contribution in [0.4, 0.5) is 5.69 Å². The molecule has 1 unspecified atom stereocenters. The van der Waals surface area contributed by atoms with Gasteiger partial charge >= 0.3 is 0 Å². The SMILES string of the molecule is CC(=O)N1CCC(Nc2ccc3c(c2)CC(C)O3)CC1. The number of hydrogen-bond acceptors (Lipinski definition) is 3. The summed E-state index contributed by atoms with van der Waals surface area (Å²) in [7, 11) is 0. The molecule has 0 aromatic heterocycles. The molecule has 1 aromatic rings. The maximum Gasteiger partial charge on any atom is 0.219 e. The summed E-state index contributed by atoms with van der Waals surface area (Å²) in [6.07, 6.45) is 3.32. The second-order valence-electron chi connectivity index (χ2n) is 5.88. The first-order chi connectivity index (χ1) is 9.61. The van der Waals surface area contributed by atoms with Gasteiger partial charge in [-0.1, -0.05) is 0 Å². The lowest BCUT2D eigenvalue weighted by Crippen LogP contribution is -2.41. The number of piperidine rings is 1. The maximum absolute atomic E-state index is 11.3. The van der Waals surface area contributed by atoms with E-state index in [1.807, 2.05) is 4.90 Å². The van der Waals surface area contributed by atoms with Gasteiger partial charge in [0.2, 0.25) is 5.91 Å². The van der Waals surface area contributed by atoms with E-state index in [4.69, 9.17) is 4.74 Å². The van der Waals surface area contributed by atoms with Crippen molar-refractivity contribution >= 4 is 11.6 Å². The van der Waals surface area contributed by atoms with E-state index in [1.165, 1.54) is 11.3 Å². The fraction of sp³-hybridized carbons (Fsp3) is 0.562. The molecule has 0 spiro atoms. The number of benzene rings is 1. The number of hydrogen-bond donors (Lipinski definition) is 1. The molecular weight excluding hydrogens is 252 g/mol. The number of amides is 1. The van der Waals surface area contributed by atoms with E-state index in [2.05, 4.69) is 30.4 Å². The highest BCUT2D eigenvalue weighted by Crippen LogP contribution is 2.31. The Morgan fingerprint density at radius 1 is 1.35 bits per heavy atom. The van der Waals surface area contributed by atoms with Gasteiger partial charge in [-0.3, -0.25) is 4.79 Å². The Labute approximate surface area is 120 Å². The van der Waals surface area contributed by atoms with Crippen LogP contribution in [0.5, 0.6) is 5.75 Å². The zero-order valence-electron chi connectivity index (χ0n) is 12.2. The van der Waals surface area contributed by atoms with Gasteiger partial charge in [-0.15, -0.1) is 0 Å². The van der Waals surface area contributed by atoms with E-state index in [0.717, 1.165) is 38.1 Å². The molecule has 0 radical (unpaired) electrons. The third-order valence-electron chi connectivity index (χ3n) is 4.21. The lowest BCUT2D eigenvalue weighted by atomic mass is 10.0. The predicted molar refractivity (Wildman–Crippen MR) is 79.1 cm³/mol. The second kappa shape index (κ2) is 5.35. The average Bonchev–Trinajstić information content (AvgIpc) is 2.78. The van der Waals surface area contributed by atoms with E-state index < -0.39 is 0 Å². The number of nitrogens with one attached hydrogen (secondary N) is 1. The van der Waals surface area contributed by atoms with E-state index >= 15 is 0 Å². The largest absolute Gasteiger partial charge is 0.490 e. The molecule has 1 fully saturated rings. The molecule has 2 heterocycles. The number of anilines is 1. The zero-order chi connectivity index (χ0) is 14.1. The molecule has 3 rings (SSSR count). The van der Waals surface area contributed by atoms with Crippen molar-refractivity contribution in [3.05, 3.63) is 23.8 Å². The van der Waals surface area contributed by atoms with Crippen LogP contribution in [0.1, 0.15) is 32.3 Å². The van der Waals surface area contributed by atoms with Gasteiger partial charge in [0, 0.05) is 38.2 Å². The lowest BCUT2D eigenvalue weighted by molar-refractivity contribution is -0.129. The Balaban J connectivity index is 1.60. The van der Waals surface area contributed by atoms with Crippen molar-refractivity contribution in [2.24, 2.45) is 0 Å². The standard InChI is InChI=1S/C16H22N2O2/c1-11-9-13-10-15(3-4-16(13)20-11)17-14-5-7-18(8-6-14)12(2)19/h3-4,10-11,14,17H,5-9H2,1-2H3. The number of rotatable bonds is 2. The fourth-order valence-corrected chi connectivity index (χ4v) is 3.09. The molecule has 2 aliphatic rings. The highest BCUT2D eigenvalue weighted by molar-refractivity contribution is 5.73. The van der Waals surface area contributed by atoms with Gasteiger partial charge in [-0.05, 0) is 43.5 Å². The predicted octanol–water partition coefficient (Wildman–Crippen LogP) is 2.43. The van der Waals surface area contributed by atoms with E-state index in [-0.39, 0.29) is 5.91 Å². The lowest BCUT2D eigenvalue weighted by Gasteiger charge is -2.32. The summed E-state index contributed by atoms with van der Waals surface area (Å²) in [5.74, 6) is 1.21. The van der Waals surface area contributed by atoms with E-state index in [9.17, 15) is 4.79 Å². The number of carbonyl (C=O) groups is 1. The van der Waals surface area contributed by atoms with Crippen LogP contribution in [0.2, 0.25) is 0 Å². The molecule has 0 bridgehead atoms. The van der Waals surface area contributed by atoms with Crippen molar-refractivity contribution in [3.63, 3.8) is 0 Å². The molecular formula is C16H22N2O2. The van der Waals surface area contributed by atoms with Gasteiger partial charge in [0.05, 0.1) is 0 Å². The molecule has 2 aliphatic heterocycles. The van der Waals surface area contributed by atoms with Crippen LogP contribution in [-0.2, 0) is 11.2 Å². The van der Waals surface area contributed by atoms with Crippen LogP contribution in [-0.4, -0.2) is 36.0 Å².